The Morgan fingerprint density at radius 2 is 1.84 bits per heavy atom. The Bertz CT molecular complexity index is 1160. The van der Waals surface area contributed by atoms with Crippen LogP contribution in [-0.4, -0.2) is 50.8 Å². The Labute approximate surface area is 197 Å². The number of halogens is 3. The first-order valence-electron chi connectivity index (χ1n) is 9.64. The molecule has 0 spiro atoms. The molecule has 0 aromatic carbocycles. The first-order chi connectivity index (χ1) is 14.8. The summed E-state index contributed by atoms with van der Waals surface area (Å²) in [7, 11) is 0. The van der Waals surface area contributed by atoms with Crippen molar-refractivity contribution in [2.45, 2.75) is 19.4 Å². The van der Waals surface area contributed by atoms with Gasteiger partial charge in [0, 0.05) is 49.3 Å². The zero-order valence-corrected chi connectivity index (χ0v) is 19.6. The highest BCUT2D eigenvalue weighted by atomic mass is 79.9. The molecule has 0 bridgehead atoms. The maximum atomic E-state index is 13.0. The second kappa shape index (κ2) is 9.06. The molecule has 1 fully saturated rings. The summed E-state index contributed by atoms with van der Waals surface area (Å²) in [5.41, 5.74) is 1.20. The van der Waals surface area contributed by atoms with Gasteiger partial charge in [-0.05, 0) is 40.4 Å². The van der Waals surface area contributed by atoms with Crippen LogP contribution < -0.4 is 5.32 Å². The lowest BCUT2D eigenvalue weighted by Gasteiger charge is -2.37. The van der Waals surface area contributed by atoms with Crippen LogP contribution in [0.15, 0.2) is 41.4 Å². The number of carbonyl (C=O) groups excluding carboxylic acids is 2. The van der Waals surface area contributed by atoms with Gasteiger partial charge in [-0.15, -0.1) is 0 Å². The van der Waals surface area contributed by atoms with Crippen molar-refractivity contribution in [3.05, 3.63) is 62.7 Å². The Hall–Kier alpha value is -2.29. The van der Waals surface area contributed by atoms with Crippen molar-refractivity contribution < 1.29 is 9.59 Å². The summed E-state index contributed by atoms with van der Waals surface area (Å²) < 4.78 is 0.716. The second-order valence-corrected chi connectivity index (χ2v) is 9.13. The molecule has 7 nitrogen and oxygen atoms in total. The Kier molecular flexibility index (Phi) is 6.41. The van der Waals surface area contributed by atoms with Crippen LogP contribution in [0.25, 0.3) is 10.9 Å². The average Bonchev–Trinajstić information content (AvgIpc) is 2.75. The van der Waals surface area contributed by atoms with Gasteiger partial charge in [0.05, 0.1) is 25.6 Å². The van der Waals surface area contributed by atoms with Crippen molar-refractivity contribution in [3.8, 4) is 0 Å². The molecule has 2 unspecified atom stereocenters. The molecular weight excluding hydrogens is 505 g/mol. The zero-order chi connectivity index (χ0) is 22.1. The molecule has 31 heavy (non-hydrogen) atoms. The van der Waals surface area contributed by atoms with Crippen molar-refractivity contribution in [2.75, 3.05) is 13.1 Å². The van der Waals surface area contributed by atoms with Gasteiger partial charge in [0.1, 0.15) is 5.69 Å². The maximum Gasteiger partial charge on any atom is 0.270 e. The van der Waals surface area contributed by atoms with Crippen LogP contribution >= 0.6 is 39.1 Å². The van der Waals surface area contributed by atoms with Gasteiger partial charge in [-0.25, -0.2) is 4.98 Å². The molecular formula is C21H18BrCl2N5O2. The van der Waals surface area contributed by atoms with Gasteiger partial charge >= 0.3 is 0 Å². The van der Waals surface area contributed by atoms with Gasteiger partial charge in [-0.1, -0.05) is 30.1 Å². The fourth-order valence-corrected chi connectivity index (χ4v) is 4.56. The molecule has 2 amide bonds. The zero-order valence-electron chi connectivity index (χ0n) is 16.5. The van der Waals surface area contributed by atoms with Crippen LogP contribution in [0.3, 0.4) is 0 Å². The Morgan fingerprint density at radius 3 is 2.58 bits per heavy atom. The number of fused-ring (bicyclic) bond motifs is 1. The third-order valence-electron chi connectivity index (χ3n) is 5.42. The molecule has 3 aromatic rings. The molecule has 160 valence electrons. The molecule has 4 heterocycles. The number of hydrogen-bond acceptors (Lipinski definition) is 5. The van der Waals surface area contributed by atoms with Crippen LogP contribution in [0.5, 0.6) is 0 Å². The van der Waals surface area contributed by atoms with Crippen LogP contribution in [-0.2, 0) is 0 Å². The molecule has 1 aliphatic rings. The van der Waals surface area contributed by atoms with Gasteiger partial charge in [-0.3, -0.25) is 19.6 Å². The molecule has 10 heteroatoms. The molecule has 2 atom stereocenters. The topological polar surface area (TPSA) is 88.1 Å². The molecule has 1 N–H and O–H groups in total. The molecule has 0 radical (unpaired) electrons. The average molecular weight is 523 g/mol. The minimum absolute atomic E-state index is 0.188. The van der Waals surface area contributed by atoms with E-state index in [1.165, 1.54) is 12.4 Å². The summed E-state index contributed by atoms with van der Waals surface area (Å²) >= 11 is 15.7. The number of aromatic nitrogens is 3. The summed E-state index contributed by atoms with van der Waals surface area (Å²) in [6.45, 7) is 2.95. The number of piperidine rings is 1. The monoisotopic (exact) mass is 521 g/mol. The lowest BCUT2D eigenvalue weighted by atomic mass is 9.93. The van der Waals surface area contributed by atoms with Gasteiger partial charge < -0.3 is 10.2 Å². The lowest BCUT2D eigenvalue weighted by Crippen LogP contribution is -2.53. The number of carbonyl (C=O) groups is 2. The van der Waals surface area contributed by atoms with Crippen LogP contribution in [0.1, 0.15) is 34.2 Å². The van der Waals surface area contributed by atoms with Gasteiger partial charge in [-0.2, -0.15) is 0 Å². The number of likely N-dealkylation sites (tertiary alicyclic amines) is 1. The Balaban J connectivity index is 1.52. The summed E-state index contributed by atoms with van der Waals surface area (Å²) in [5, 5.41) is 4.27. The van der Waals surface area contributed by atoms with Crippen molar-refractivity contribution in [2.24, 2.45) is 5.92 Å². The quantitative estimate of drug-likeness (QED) is 0.551. The van der Waals surface area contributed by atoms with E-state index in [-0.39, 0.29) is 39.4 Å². The first kappa shape index (κ1) is 21.9. The second-order valence-electron chi connectivity index (χ2n) is 7.46. The fraction of sp³-hybridized carbons (Fsp3) is 0.286. The predicted octanol–water partition coefficient (Wildman–Crippen LogP) is 4.37. The molecule has 4 rings (SSSR count). The summed E-state index contributed by atoms with van der Waals surface area (Å²) in [6, 6.07) is 3.24. The highest BCUT2D eigenvalue weighted by molar-refractivity contribution is 9.10. The summed E-state index contributed by atoms with van der Waals surface area (Å²) in [4.78, 5) is 40.1. The number of rotatable bonds is 3. The summed E-state index contributed by atoms with van der Waals surface area (Å²) in [5.74, 6) is -0.381. The summed E-state index contributed by atoms with van der Waals surface area (Å²) in [6.07, 6.45) is 6.85. The van der Waals surface area contributed by atoms with Crippen molar-refractivity contribution >= 4 is 61.8 Å². The van der Waals surface area contributed by atoms with E-state index in [2.05, 4.69) is 43.1 Å². The Morgan fingerprint density at radius 1 is 1.13 bits per heavy atom. The first-order valence-corrected chi connectivity index (χ1v) is 11.2. The van der Waals surface area contributed by atoms with Crippen LogP contribution in [0.4, 0.5) is 0 Å². The number of nitrogens with one attached hydrogen (secondary N) is 1. The van der Waals surface area contributed by atoms with E-state index in [0.29, 0.717) is 28.8 Å². The highest BCUT2D eigenvalue weighted by Gasteiger charge is 2.32. The van der Waals surface area contributed by atoms with Gasteiger partial charge in [0.2, 0.25) is 0 Å². The van der Waals surface area contributed by atoms with E-state index in [1.807, 2.05) is 6.07 Å². The fourth-order valence-electron chi connectivity index (χ4n) is 3.59. The third-order valence-corrected chi connectivity index (χ3v) is 6.57. The number of pyridine rings is 3. The number of hydrogen-bond donors (Lipinski definition) is 1. The van der Waals surface area contributed by atoms with Crippen molar-refractivity contribution in [3.63, 3.8) is 0 Å². The normalized spacial score (nSPS) is 18.8. The van der Waals surface area contributed by atoms with Gasteiger partial charge in [0.15, 0.2) is 0 Å². The maximum absolute atomic E-state index is 13.0. The van der Waals surface area contributed by atoms with E-state index in [9.17, 15) is 9.59 Å². The van der Waals surface area contributed by atoms with Crippen LogP contribution in [0.2, 0.25) is 10.0 Å². The number of nitrogens with zero attached hydrogens (tertiary/aromatic N) is 4. The minimum atomic E-state index is -0.295. The SMILES string of the molecule is CC1CCN(C(=O)c2c(Cl)cncc2Cl)CC1NC(=O)c1ccc2cncc(Br)c2n1. The molecule has 3 aromatic heterocycles. The van der Waals surface area contributed by atoms with E-state index in [4.69, 9.17) is 23.2 Å². The van der Waals surface area contributed by atoms with E-state index >= 15 is 0 Å². The largest absolute Gasteiger partial charge is 0.346 e. The van der Waals surface area contributed by atoms with E-state index in [1.54, 1.807) is 23.4 Å². The molecule has 0 aliphatic carbocycles. The third kappa shape index (κ3) is 4.51. The van der Waals surface area contributed by atoms with E-state index in [0.717, 1.165) is 11.8 Å². The van der Waals surface area contributed by atoms with Crippen molar-refractivity contribution in [1.82, 2.24) is 25.2 Å². The minimum Gasteiger partial charge on any atom is -0.346 e. The standard InChI is InChI=1S/C21H18BrCl2N5O2/c1-11-4-5-29(21(31)18-14(23)8-26-9-15(18)24)10-17(11)28-20(30)16-3-2-12-6-25-7-13(22)19(12)27-16/h2-3,6-9,11,17H,4-5,10H2,1H3,(H,28,30). The smallest absolute Gasteiger partial charge is 0.270 e. The number of amides is 2. The molecule has 1 aliphatic heterocycles. The van der Waals surface area contributed by atoms with Crippen LogP contribution in [0, 0.1) is 5.92 Å². The van der Waals surface area contributed by atoms with Gasteiger partial charge in [0.25, 0.3) is 11.8 Å². The lowest BCUT2D eigenvalue weighted by molar-refractivity contribution is 0.0624. The molecule has 0 saturated carbocycles. The highest BCUT2D eigenvalue weighted by Crippen LogP contribution is 2.27. The van der Waals surface area contributed by atoms with E-state index < -0.39 is 0 Å². The predicted molar refractivity (Wildman–Crippen MR) is 122 cm³/mol. The van der Waals surface area contributed by atoms with Crippen molar-refractivity contribution in [1.29, 1.82) is 0 Å². The molecule has 1 saturated heterocycles.